The molecule has 1 unspecified atom stereocenters. The third-order valence-electron chi connectivity index (χ3n) is 5.78. The smallest absolute Gasteiger partial charge is 0.227 e. The average molecular weight is 461 g/mol. The van der Waals surface area contributed by atoms with Crippen molar-refractivity contribution in [1.29, 1.82) is 0 Å². The van der Waals surface area contributed by atoms with Gasteiger partial charge in [-0.3, -0.25) is 4.79 Å². The molecule has 31 heavy (non-hydrogen) atoms. The van der Waals surface area contributed by atoms with E-state index in [1.165, 1.54) is 9.20 Å². The number of sulfonamides is 1. The molecule has 0 bridgehead atoms. The molecule has 1 saturated heterocycles. The Labute approximate surface area is 190 Å². The molecule has 2 aromatic carbocycles. The second-order valence-corrected chi connectivity index (χ2v) is 11.7. The van der Waals surface area contributed by atoms with Crippen molar-refractivity contribution in [3.8, 4) is 0 Å². The summed E-state index contributed by atoms with van der Waals surface area (Å²) < 4.78 is 27.0. The number of piperidine rings is 1. The molecule has 1 fully saturated rings. The summed E-state index contributed by atoms with van der Waals surface area (Å²) in [6.45, 7) is 7.17. The van der Waals surface area contributed by atoms with Gasteiger partial charge in [0.05, 0.1) is 5.75 Å². The number of benzene rings is 2. The molecule has 1 aliphatic heterocycles. The predicted molar refractivity (Wildman–Crippen MR) is 129 cm³/mol. The van der Waals surface area contributed by atoms with Gasteiger partial charge in [-0.15, -0.1) is 11.8 Å². The Bertz CT molecular complexity index is 985. The predicted octanol–water partition coefficient (Wildman–Crippen LogP) is 5.07. The Balaban J connectivity index is 1.54. The minimum absolute atomic E-state index is 0.00487. The third kappa shape index (κ3) is 6.57. The summed E-state index contributed by atoms with van der Waals surface area (Å²) in [5.41, 5.74) is 2.66. The fraction of sp³-hybridized carbons (Fsp3) is 0.458. The molecule has 1 aliphatic rings. The zero-order valence-electron chi connectivity index (χ0n) is 18.5. The maximum atomic E-state index is 12.8. The summed E-state index contributed by atoms with van der Waals surface area (Å²) in [6, 6.07) is 15.4. The van der Waals surface area contributed by atoms with Gasteiger partial charge in [-0.25, -0.2) is 12.7 Å². The molecule has 1 amide bonds. The van der Waals surface area contributed by atoms with E-state index in [9.17, 15) is 13.2 Å². The lowest BCUT2D eigenvalue weighted by Gasteiger charge is -2.30. The van der Waals surface area contributed by atoms with Crippen LogP contribution in [-0.4, -0.2) is 37.0 Å². The van der Waals surface area contributed by atoms with Gasteiger partial charge in [0.15, 0.2) is 0 Å². The van der Waals surface area contributed by atoms with E-state index in [-0.39, 0.29) is 17.6 Å². The van der Waals surface area contributed by atoms with Crippen LogP contribution in [0.1, 0.15) is 44.2 Å². The zero-order valence-corrected chi connectivity index (χ0v) is 20.1. The van der Waals surface area contributed by atoms with Crippen LogP contribution in [0.2, 0.25) is 0 Å². The van der Waals surface area contributed by atoms with Gasteiger partial charge >= 0.3 is 0 Å². The fourth-order valence-corrected chi connectivity index (χ4v) is 6.26. The Kier molecular flexibility index (Phi) is 8.19. The molecule has 168 valence electrons. The minimum Gasteiger partial charge on any atom is -0.326 e. The number of hydrogen-bond donors (Lipinski definition) is 1. The lowest BCUT2D eigenvalue weighted by Crippen LogP contribution is -2.41. The number of hydrogen-bond acceptors (Lipinski definition) is 4. The monoisotopic (exact) mass is 460 g/mol. The van der Waals surface area contributed by atoms with Crippen molar-refractivity contribution in [3.63, 3.8) is 0 Å². The topological polar surface area (TPSA) is 66.5 Å². The lowest BCUT2D eigenvalue weighted by atomic mass is 9.97. The highest BCUT2D eigenvalue weighted by Gasteiger charge is 2.31. The zero-order chi connectivity index (χ0) is 22.4. The van der Waals surface area contributed by atoms with E-state index >= 15 is 0 Å². The molecule has 0 aliphatic carbocycles. The Morgan fingerprint density at radius 3 is 2.45 bits per heavy atom. The molecule has 1 heterocycles. The summed E-state index contributed by atoms with van der Waals surface area (Å²) in [4.78, 5) is 14.0. The van der Waals surface area contributed by atoms with Crippen molar-refractivity contribution < 1.29 is 13.2 Å². The number of carbonyl (C=O) groups excluding carboxylic acids is 1. The number of nitrogens with one attached hydrogen (secondary N) is 1. The first-order valence-electron chi connectivity index (χ1n) is 10.9. The first kappa shape index (κ1) is 23.8. The molecule has 0 aromatic heterocycles. The largest absolute Gasteiger partial charge is 0.326 e. The maximum Gasteiger partial charge on any atom is 0.227 e. The Morgan fingerprint density at radius 1 is 1.16 bits per heavy atom. The highest BCUT2D eigenvalue weighted by Crippen LogP contribution is 2.29. The third-order valence-corrected chi connectivity index (χ3v) is 8.89. The van der Waals surface area contributed by atoms with Gasteiger partial charge in [0.25, 0.3) is 0 Å². The summed E-state index contributed by atoms with van der Waals surface area (Å²) >= 11 is 1.84. The molecule has 1 N–H and O–H groups in total. The number of amides is 1. The Hall–Kier alpha value is -1.83. The normalized spacial score (nSPS) is 16.7. The van der Waals surface area contributed by atoms with Crippen molar-refractivity contribution >= 4 is 33.4 Å². The summed E-state index contributed by atoms with van der Waals surface area (Å²) in [5, 5.41) is 3.61. The van der Waals surface area contributed by atoms with E-state index in [0.29, 0.717) is 31.2 Å². The van der Waals surface area contributed by atoms with Gasteiger partial charge in [0.1, 0.15) is 0 Å². The van der Waals surface area contributed by atoms with Gasteiger partial charge in [-0.05, 0) is 55.5 Å². The molecule has 0 spiro atoms. The second-order valence-electron chi connectivity index (χ2n) is 8.22. The maximum absolute atomic E-state index is 12.8. The van der Waals surface area contributed by atoms with E-state index in [2.05, 4.69) is 31.3 Å². The standard InChI is InChI=1S/C24H32N2O3S2/c1-4-19(3)30-22-10-11-23(18(2)16-22)25-24(27)21-12-14-26(15-13-21)31(28,29)17-20-8-6-5-7-9-20/h5-11,16,19,21H,4,12-15,17H2,1-3H3,(H,25,27). The molecule has 5 nitrogen and oxygen atoms in total. The molecule has 1 atom stereocenters. The first-order chi connectivity index (χ1) is 14.8. The fourth-order valence-electron chi connectivity index (χ4n) is 3.67. The van der Waals surface area contributed by atoms with Crippen LogP contribution in [0.5, 0.6) is 0 Å². The molecular formula is C24H32N2O3S2. The van der Waals surface area contributed by atoms with Gasteiger partial charge in [0.2, 0.25) is 15.9 Å². The molecule has 0 radical (unpaired) electrons. The van der Waals surface area contributed by atoms with Crippen LogP contribution < -0.4 is 5.32 Å². The van der Waals surface area contributed by atoms with Crippen LogP contribution in [0.15, 0.2) is 53.4 Å². The second kappa shape index (κ2) is 10.7. The first-order valence-corrected chi connectivity index (χ1v) is 13.4. The summed E-state index contributed by atoms with van der Waals surface area (Å²) in [6.07, 6.45) is 2.20. The van der Waals surface area contributed by atoms with E-state index < -0.39 is 10.0 Å². The SMILES string of the molecule is CCC(C)Sc1ccc(NC(=O)C2CCN(S(=O)(=O)Cc3ccccc3)CC2)c(C)c1. The molecule has 7 heteroatoms. The number of aryl methyl sites for hydroxylation is 1. The quantitative estimate of drug-likeness (QED) is 0.559. The van der Waals surface area contributed by atoms with Crippen molar-refractivity contribution in [2.75, 3.05) is 18.4 Å². The van der Waals surface area contributed by atoms with Crippen LogP contribution in [0.25, 0.3) is 0 Å². The van der Waals surface area contributed by atoms with Crippen LogP contribution >= 0.6 is 11.8 Å². The minimum atomic E-state index is -3.37. The number of thioether (sulfide) groups is 1. The summed E-state index contributed by atoms with van der Waals surface area (Å²) in [7, 11) is -3.37. The van der Waals surface area contributed by atoms with Crippen molar-refractivity contribution in [2.45, 2.75) is 55.9 Å². The number of carbonyl (C=O) groups is 1. The van der Waals surface area contributed by atoms with Crippen molar-refractivity contribution in [2.24, 2.45) is 5.92 Å². The number of nitrogens with zero attached hydrogens (tertiary/aromatic N) is 1. The van der Waals surface area contributed by atoms with Gasteiger partial charge < -0.3 is 5.32 Å². The van der Waals surface area contributed by atoms with Crippen LogP contribution in [0.3, 0.4) is 0 Å². The molecule has 0 saturated carbocycles. The number of anilines is 1. The molecular weight excluding hydrogens is 428 g/mol. The average Bonchev–Trinajstić information content (AvgIpc) is 2.76. The highest BCUT2D eigenvalue weighted by atomic mass is 32.2. The van der Waals surface area contributed by atoms with Gasteiger partial charge in [0, 0.05) is 34.8 Å². The van der Waals surface area contributed by atoms with E-state index in [1.807, 2.05) is 55.1 Å². The van der Waals surface area contributed by atoms with Crippen LogP contribution in [0.4, 0.5) is 5.69 Å². The van der Waals surface area contributed by atoms with Crippen molar-refractivity contribution in [3.05, 3.63) is 59.7 Å². The van der Waals surface area contributed by atoms with Gasteiger partial charge in [-0.1, -0.05) is 44.2 Å². The number of rotatable bonds is 8. The molecule has 2 aromatic rings. The van der Waals surface area contributed by atoms with E-state index in [4.69, 9.17) is 0 Å². The highest BCUT2D eigenvalue weighted by molar-refractivity contribution is 7.99. The van der Waals surface area contributed by atoms with E-state index in [1.54, 1.807) is 0 Å². The summed E-state index contributed by atoms with van der Waals surface area (Å²) in [5.74, 6) is -0.187. The lowest BCUT2D eigenvalue weighted by molar-refractivity contribution is -0.120. The van der Waals surface area contributed by atoms with Crippen LogP contribution in [-0.2, 0) is 20.6 Å². The van der Waals surface area contributed by atoms with Crippen molar-refractivity contribution in [1.82, 2.24) is 4.31 Å². The molecule has 3 rings (SSSR count). The van der Waals surface area contributed by atoms with Gasteiger partial charge in [-0.2, -0.15) is 0 Å². The van der Waals surface area contributed by atoms with Crippen LogP contribution in [0, 0.1) is 12.8 Å². The Morgan fingerprint density at radius 2 is 1.84 bits per heavy atom. The van der Waals surface area contributed by atoms with E-state index in [0.717, 1.165) is 23.2 Å².